The van der Waals surface area contributed by atoms with Crippen LogP contribution in [0.3, 0.4) is 0 Å². The molecule has 62 heavy (non-hydrogen) atoms. The standard InChI is InChI=1S/C47H49NO14/c1-24-33-30(60-43(56)36(52)35(27-15-9-6-10-16-27)48-41(54)28-17-11-7-12-18-28)22-47(57)40(61-42(55)29-19-13-8-14-20-29)38-44(4,31(51)21-32-46(38,23-58-32)62-26(3)50)39(53)37(59-25(2)49)34(24)45(33,47)5/h6-20,30-33,35-38,40,51-52,57H,21-23H2,1-5H3,(H,48,54)/t30-,31-,32+,33?,35-,36+,37+,38-,40-,44+,45+,46-,47+/m0/s1. The van der Waals surface area contributed by atoms with Crippen molar-refractivity contribution in [3.8, 4) is 0 Å². The van der Waals surface area contributed by atoms with Crippen LogP contribution in [0.2, 0.25) is 0 Å². The molecule has 0 radical (unpaired) electrons. The van der Waals surface area contributed by atoms with E-state index in [2.05, 4.69) is 5.32 Å². The summed E-state index contributed by atoms with van der Waals surface area (Å²) in [5, 5.41) is 40.3. The molecule has 4 fully saturated rings. The lowest BCUT2D eigenvalue weighted by Crippen LogP contribution is -2.81. The minimum Gasteiger partial charge on any atom is -0.460 e. The van der Waals surface area contributed by atoms with Gasteiger partial charge in [-0.3, -0.25) is 19.2 Å². The van der Waals surface area contributed by atoms with E-state index in [9.17, 15) is 39.3 Å². The average molecular weight is 852 g/mol. The highest BCUT2D eigenvalue weighted by Gasteiger charge is 2.83. The molecule has 1 aliphatic heterocycles. The molecule has 1 heterocycles. The maximum absolute atomic E-state index is 15.3. The van der Waals surface area contributed by atoms with Crippen molar-refractivity contribution in [1.29, 1.82) is 0 Å². The molecule has 5 aliphatic rings. The van der Waals surface area contributed by atoms with Crippen LogP contribution in [-0.4, -0.2) is 105 Å². The van der Waals surface area contributed by atoms with Crippen molar-refractivity contribution in [2.24, 2.45) is 22.7 Å². The van der Waals surface area contributed by atoms with Gasteiger partial charge in [0, 0.05) is 43.6 Å². The van der Waals surface area contributed by atoms with Gasteiger partial charge in [0.15, 0.2) is 23.6 Å². The number of nitrogens with one attached hydrogen (secondary N) is 1. The topological polar surface area (TPSA) is 221 Å². The lowest BCUT2D eigenvalue weighted by molar-refractivity contribution is -0.344. The number of carbonyl (C=O) groups is 6. The van der Waals surface area contributed by atoms with Gasteiger partial charge in [-0.2, -0.15) is 0 Å². The smallest absolute Gasteiger partial charge is 0.338 e. The molecule has 0 aromatic heterocycles. The zero-order valence-electron chi connectivity index (χ0n) is 34.8. The summed E-state index contributed by atoms with van der Waals surface area (Å²) < 4.78 is 30.4. The second kappa shape index (κ2) is 15.6. The summed E-state index contributed by atoms with van der Waals surface area (Å²) in [7, 11) is 0. The van der Waals surface area contributed by atoms with Crippen LogP contribution in [0.5, 0.6) is 0 Å². The van der Waals surface area contributed by atoms with E-state index < -0.39 is 119 Å². The number of ketones is 1. The van der Waals surface area contributed by atoms with Gasteiger partial charge in [0.25, 0.3) is 5.91 Å². The fraction of sp³-hybridized carbons (Fsp3) is 0.447. The van der Waals surface area contributed by atoms with Crippen molar-refractivity contribution in [3.63, 3.8) is 0 Å². The van der Waals surface area contributed by atoms with Gasteiger partial charge in [0.1, 0.15) is 23.9 Å². The molecule has 8 rings (SSSR count). The van der Waals surface area contributed by atoms with Crippen LogP contribution < -0.4 is 5.32 Å². The summed E-state index contributed by atoms with van der Waals surface area (Å²) in [5.41, 5.74) is -6.41. The van der Waals surface area contributed by atoms with Crippen LogP contribution in [0.1, 0.15) is 79.8 Å². The molecule has 13 atom stereocenters. The minimum absolute atomic E-state index is 0.0825. The van der Waals surface area contributed by atoms with Gasteiger partial charge >= 0.3 is 23.9 Å². The SMILES string of the molecule is CC(=O)O[C@H]1C(=O)[C@@]2(C)[C@H]([C@H](OC(=O)c3ccccc3)[C@]3(O)C[C@H](OC(=O)[C@H](O)[C@@H](NC(=O)c4ccccc4)c4ccccc4)C4C(C)=C1[C@@]43C)[C@]1(OC(C)=O)CO[C@@H]1C[C@@H]2O. The molecule has 3 saturated carbocycles. The average Bonchev–Trinajstić information content (AvgIpc) is 3.43. The van der Waals surface area contributed by atoms with Crippen molar-refractivity contribution in [3.05, 3.63) is 119 Å². The van der Waals surface area contributed by atoms with Crippen LogP contribution in [-0.2, 0) is 42.9 Å². The van der Waals surface area contributed by atoms with Crippen molar-refractivity contribution < 1.29 is 67.8 Å². The van der Waals surface area contributed by atoms with Gasteiger partial charge in [-0.25, -0.2) is 9.59 Å². The number of carbonyl (C=O) groups excluding carboxylic acids is 6. The first-order chi connectivity index (χ1) is 29.4. The molecule has 0 bridgehead atoms. The van der Waals surface area contributed by atoms with E-state index in [0.29, 0.717) is 11.1 Å². The summed E-state index contributed by atoms with van der Waals surface area (Å²) in [6, 6.07) is 23.2. The summed E-state index contributed by atoms with van der Waals surface area (Å²) in [5.74, 6) is -7.49. The first-order valence-electron chi connectivity index (χ1n) is 20.6. The minimum atomic E-state index is -2.32. The maximum Gasteiger partial charge on any atom is 0.338 e. The fourth-order valence-electron chi connectivity index (χ4n) is 11.4. The number of aliphatic hydroxyl groups excluding tert-OH is 2. The third-order valence-corrected chi connectivity index (χ3v) is 14.2. The first kappa shape index (κ1) is 42.9. The Kier molecular flexibility index (Phi) is 10.8. The second-order valence-corrected chi connectivity index (χ2v) is 17.5. The highest BCUT2D eigenvalue weighted by Crippen LogP contribution is 2.72. The summed E-state index contributed by atoms with van der Waals surface area (Å²) >= 11 is 0. The van der Waals surface area contributed by atoms with Crippen molar-refractivity contribution in [2.75, 3.05) is 6.61 Å². The molecular formula is C47H49NO14. The van der Waals surface area contributed by atoms with E-state index in [4.69, 9.17) is 23.7 Å². The van der Waals surface area contributed by atoms with Crippen molar-refractivity contribution in [2.45, 2.75) is 101 Å². The Morgan fingerprint density at radius 2 is 1.44 bits per heavy atom. The molecule has 1 unspecified atom stereocenters. The Labute approximate surface area is 357 Å². The highest BCUT2D eigenvalue weighted by atomic mass is 16.6. The molecule has 3 aromatic rings. The number of rotatable bonds is 10. The summed E-state index contributed by atoms with van der Waals surface area (Å²) in [6.07, 6.45) is -9.96. The van der Waals surface area contributed by atoms with Gasteiger partial charge < -0.3 is 44.3 Å². The third-order valence-electron chi connectivity index (χ3n) is 14.2. The Hall–Kier alpha value is -5.74. The van der Waals surface area contributed by atoms with E-state index in [0.717, 1.165) is 13.8 Å². The highest BCUT2D eigenvalue weighted by molar-refractivity contribution is 5.97. The summed E-state index contributed by atoms with van der Waals surface area (Å²) in [6.45, 7) is 6.63. The van der Waals surface area contributed by atoms with Crippen LogP contribution in [0, 0.1) is 22.7 Å². The molecule has 1 saturated heterocycles. The van der Waals surface area contributed by atoms with Gasteiger partial charge in [0.2, 0.25) is 0 Å². The quantitative estimate of drug-likeness (QED) is 0.131. The molecule has 4 N–H and O–H groups in total. The normalized spacial score (nSPS) is 35.1. The van der Waals surface area contributed by atoms with Crippen LogP contribution >= 0.6 is 0 Å². The maximum atomic E-state index is 15.3. The number of hydrogen-bond donors (Lipinski definition) is 4. The molecule has 3 aromatic carbocycles. The van der Waals surface area contributed by atoms with Crippen molar-refractivity contribution >= 4 is 35.6 Å². The third kappa shape index (κ3) is 6.39. The number of esters is 4. The molecule has 15 heteroatoms. The monoisotopic (exact) mass is 851 g/mol. The molecule has 15 nitrogen and oxygen atoms in total. The van der Waals surface area contributed by atoms with Crippen LogP contribution in [0.4, 0.5) is 0 Å². The fourth-order valence-corrected chi connectivity index (χ4v) is 11.4. The van der Waals surface area contributed by atoms with Gasteiger partial charge in [-0.1, -0.05) is 79.2 Å². The Bertz CT molecular complexity index is 2340. The molecule has 1 amide bonds. The zero-order chi connectivity index (χ0) is 44.5. The summed E-state index contributed by atoms with van der Waals surface area (Å²) in [4.78, 5) is 83.2. The van der Waals surface area contributed by atoms with E-state index in [1.165, 1.54) is 19.1 Å². The predicted molar refractivity (Wildman–Crippen MR) is 216 cm³/mol. The number of Topliss-reactive ketones (excluding diaryl/α,β-unsaturated/α-hetero) is 1. The van der Waals surface area contributed by atoms with Gasteiger partial charge in [-0.15, -0.1) is 0 Å². The molecular weight excluding hydrogens is 803 g/mol. The predicted octanol–water partition coefficient (Wildman–Crippen LogP) is 3.35. The Morgan fingerprint density at radius 1 is 0.839 bits per heavy atom. The van der Waals surface area contributed by atoms with E-state index in [1.54, 1.807) is 92.7 Å². The Morgan fingerprint density at radius 3 is 2.00 bits per heavy atom. The zero-order valence-corrected chi connectivity index (χ0v) is 34.8. The second-order valence-electron chi connectivity index (χ2n) is 17.5. The number of amides is 1. The number of aliphatic hydroxyl groups is 3. The van der Waals surface area contributed by atoms with Crippen LogP contribution in [0.15, 0.2) is 102 Å². The van der Waals surface area contributed by atoms with Gasteiger partial charge in [0.05, 0.1) is 35.6 Å². The van der Waals surface area contributed by atoms with Gasteiger partial charge in [-0.05, 0) is 49.2 Å². The number of benzene rings is 3. The van der Waals surface area contributed by atoms with E-state index >= 15 is 4.79 Å². The van der Waals surface area contributed by atoms with Crippen LogP contribution in [0.25, 0.3) is 0 Å². The largest absolute Gasteiger partial charge is 0.460 e. The lowest BCUT2D eigenvalue weighted by Gasteiger charge is -2.67. The van der Waals surface area contributed by atoms with E-state index in [-0.39, 0.29) is 29.7 Å². The first-order valence-corrected chi connectivity index (χ1v) is 20.6. The van der Waals surface area contributed by atoms with E-state index in [1.807, 2.05) is 0 Å². The number of fused-ring (bicyclic) bond motifs is 3. The Balaban J connectivity index is 1.26. The molecule has 4 aliphatic carbocycles. The lowest BCUT2D eigenvalue weighted by atomic mass is 9.43. The molecule has 326 valence electrons. The molecule has 0 spiro atoms. The number of hydrogen-bond acceptors (Lipinski definition) is 14. The number of ether oxygens (including phenoxy) is 5. The van der Waals surface area contributed by atoms with Crippen molar-refractivity contribution in [1.82, 2.24) is 5.32 Å².